The maximum Gasteiger partial charge on any atom is 0.351 e. The van der Waals surface area contributed by atoms with E-state index in [4.69, 9.17) is 10.5 Å². The quantitative estimate of drug-likeness (QED) is 0.603. The number of hydrogen-bond acceptors (Lipinski definition) is 6. The number of aromatic nitrogens is 2. The SMILES string of the molecule is C[C@@H](O)[C@H]1O[C@@H](n2ccc(N)nc2=O)C[C@@H]1O. The number of anilines is 1. The third-order valence-corrected chi connectivity index (χ3v) is 2.77. The maximum absolute atomic E-state index is 11.6. The lowest BCUT2D eigenvalue weighted by Gasteiger charge is -2.18. The molecule has 4 N–H and O–H groups in total. The standard InChI is InChI=1S/C10H15N3O4/c1-5(14)9-6(15)4-8(17-9)13-3-2-7(11)12-10(13)16/h2-3,5-6,8-9,14-15H,4H2,1H3,(H2,11,12,16)/t5-,6+,8-,9-/m1/s1. The minimum atomic E-state index is -0.801. The Morgan fingerprint density at radius 2 is 2.41 bits per heavy atom. The predicted octanol–water partition coefficient (Wildman–Crippen LogP) is -1.15. The van der Waals surface area contributed by atoms with Crippen molar-refractivity contribution in [1.29, 1.82) is 0 Å². The highest BCUT2D eigenvalue weighted by Crippen LogP contribution is 2.29. The van der Waals surface area contributed by atoms with Gasteiger partial charge in [-0.3, -0.25) is 4.57 Å². The first-order valence-corrected chi connectivity index (χ1v) is 5.35. The topological polar surface area (TPSA) is 111 Å². The van der Waals surface area contributed by atoms with Crippen LogP contribution in [0.3, 0.4) is 0 Å². The first kappa shape index (κ1) is 12.0. The zero-order chi connectivity index (χ0) is 12.6. The number of rotatable bonds is 2. The molecule has 0 radical (unpaired) electrons. The monoisotopic (exact) mass is 241 g/mol. The number of ether oxygens (including phenoxy) is 1. The highest BCUT2D eigenvalue weighted by atomic mass is 16.5. The van der Waals surface area contributed by atoms with Crippen molar-refractivity contribution < 1.29 is 14.9 Å². The van der Waals surface area contributed by atoms with Gasteiger partial charge in [-0.05, 0) is 13.0 Å². The molecule has 1 aliphatic heterocycles. The molecule has 1 fully saturated rings. The van der Waals surface area contributed by atoms with Crippen LogP contribution in [0.4, 0.5) is 5.82 Å². The van der Waals surface area contributed by atoms with Gasteiger partial charge in [0.05, 0.1) is 12.2 Å². The molecule has 1 aromatic heterocycles. The summed E-state index contributed by atoms with van der Waals surface area (Å²) in [5.41, 5.74) is 4.84. The van der Waals surface area contributed by atoms with Crippen LogP contribution < -0.4 is 11.4 Å². The summed E-state index contributed by atoms with van der Waals surface area (Å²) in [4.78, 5) is 15.1. The van der Waals surface area contributed by atoms with Gasteiger partial charge in [0, 0.05) is 12.6 Å². The number of aliphatic hydroxyl groups excluding tert-OH is 2. The summed E-state index contributed by atoms with van der Waals surface area (Å²) in [5.74, 6) is 0.136. The second-order valence-electron chi connectivity index (χ2n) is 4.14. The highest BCUT2D eigenvalue weighted by molar-refractivity contribution is 5.23. The normalized spacial score (nSPS) is 30.4. The summed E-state index contributed by atoms with van der Waals surface area (Å²) in [5, 5.41) is 19.1. The Bertz CT molecular complexity index is 459. The molecule has 0 spiro atoms. The predicted molar refractivity (Wildman–Crippen MR) is 59.1 cm³/mol. The number of nitrogens with two attached hydrogens (primary N) is 1. The van der Waals surface area contributed by atoms with E-state index < -0.39 is 30.2 Å². The minimum absolute atomic E-state index is 0.136. The third kappa shape index (κ3) is 2.31. The van der Waals surface area contributed by atoms with Crippen LogP contribution in [0.25, 0.3) is 0 Å². The van der Waals surface area contributed by atoms with Crippen LogP contribution in [0.2, 0.25) is 0 Å². The fourth-order valence-electron chi connectivity index (χ4n) is 1.93. The number of nitrogen functional groups attached to an aromatic ring is 1. The van der Waals surface area contributed by atoms with Crippen molar-refractivity contribution in [2.45, 2.75) is 37.9 Å². The zero-order valence-electron chi connectivity index (χ0n) is 9.35. The Morgan fingerprint density at radius 3 is 2.94 bits per heavy atom. The molecule has 0 amide bonds. The molecular weight excluding hydrogens is 226 g/mol. The molecule has 0 aliphatic carbocycles. The van der Waals surface area contributed by atoms with E-state index in [1.54, 1.807) is 0 Å². The van der Waals surface area contributed by atoms with E-state index in [1.807, 2.05) is 0 Å². The smallest absolute Gasteiger partial charge is 0.351 e. The van der Waals surface area contributed by atoms with Gasteiger partial charge in [0.1, 0.15) is 18.1 Å². The van der Waals surface area contributed by atoms with Crippen LogP contribution in [0.1, 0.15) is 19.6 Å². The molecule has 2 rings (SSSR count). The molecule has 0 bridgehead atoms. The van der Waals surface area contributed by atoms with E-state index >= 15 is 0 Å². The molecule has 1 saturated heterocycles. The molecule has 4 atom stereocenters. The van der Waals surface area contributed by atoms with E-state index in [0.717, 1.165) is 0 Å². The van der Waals surface area contributed by atoms with Crippen LogP contribution in [-0.4, -0.2) is 38.1 Å². The van der Waals surface area contributed by atoms with Crippen molar-refractivity contribution in [1.82, 2.24) is 9.55 Å². The summed E-state index contributed by atoms with van der Waals surface area (Å²) in [6, 6.07) is 1.48. The lowest BCUT2D eigenvalue weighted by molar-refractivity contribution is -0.0770. The van der Waals surface area contributed by atoms with Crippen molar-refractivity contribution in [2.24, 2.45) is 0 Å². The van der Waals surface area contributed by atoms with Crippen molar-refractivity contribution in [3.63, 3.8) is 0 Å². The molecule has 0 saturated carbocycles. The van der Waals surface area contributed by atoms with Gasteiger partial charge in [0.15, 0.2) is 0 Å². The van der Waals surface area contributed by atoms with Crippen molar-refractivity contribution in [3.05, 3.63) is 22.7 Å². The van der Waals surface area contributed by atoms with Crippen LogP contribution in [0.5, 0.6) is 0 Å². The number of nitrogens with zero attached hydrogens (tertiary/aromatic N) is 2. The Labute approximate surface area is 97.5 Å². The van der Waals surface area contributed by atoms with Crippen LogP contribution in [0, 0.1) is 0 Å². The first-order chi connectivity index (χ1) is 7.99. The highest BCUT2D eigenvalue weighted by Gasteiger charge is 2.38. The van der Waals surface area contributed by atoms with E-state index in [9.17, 15) is 15.0 Å². The molecule has 7 heteroatoms. The van der Waals surface area contributed by atoms with E-state index in [-0.39, 0.29) is 12.2 Å². The summed E-state index contributed by atoms with van der Waals surface area (Å²) in [6.45, 7) is 1.53. The molecular formula is C10H15N3O4. The average Bonchev–Trinajstić information content (AvgIpc) is 2.60. The molecule has 17 heavy (non-hydrogen) atoms. The van der Waals surface area contributed by atoms with Gasteiger partial charge in [-0.1, -0.05) is 0 Å². The van der Waals surface area contributed by atoms with Crippen molar-refractivity contribution in [2.75, 3.05) is 5.73 Å². The number of hydrogen-bond donors (Lipinski definition) is 3. The van der Waals surface area contributed by atoms with Gasteiger partial charge < -0.3 is 20.7 Å². The lowest BCUT2D eigenvalue weighted by Crippen LogP contribution is -2.32. The molecule has 7 nitrogen and oxygen atoms in total. The summed E-state index contributed by atoms with van der Waals surface area (Å²) < 4.78 is 6.68. The fraction of sp³-hybridized carbons (Fsp3) is 0.600. The Morgan fingerprint density at radius 1 is 1.71 bits per heavy atom. The van der Waals surface area contributed by atoms with Crippen molar-refractivity contribution >= 4 is 5.82 Å². The van der Waals surface area contributed by atoms with E-state index in [1.165, 1.54) is 23.8 Å². The van der Waals surface area contributed by atoms with Gasteiger partial charge in [-0.2, -0.15) is 4.98 Å². The van der Waals surface area contributed by atoms with Gasteiger partial charge in [-0.15, -0.1) is 0 Å². The molecule has 1 aromatic rings. The average molecular weight is 241 g/mol. The molecule has 94 valence electrons. The van der Waals surface area contributed by atoms with Gasteiger partial charge in [0.25, 0.3) is 0 Å². The van der Waals surface area contributed by atoms with Crippen LogP contribution >= 0.6 is 0 Å². The lowest BCUT2D eigenvalue weighted by atomic mass is 10.1. The van der Waals surface area contributed by atoms with Crippen molar-refractivity contribution in [3.8, 4) is 0 Å². The third-order valence-electron chi connectivity index (χ3n) is 2.77. The van der Waals surface area contributed by atoms with Crippen LogP contribution in [-0.2, 0) is 4.74 Å². The summed E-state index contributed by atoms with van der Waals surface area (Å²) in [7, 11) is 0. The first-order valence-electron chi connectivity index (χ1n) is 5.35. The number of aliphatic hydroxyl groups is 2. The summed E-state index contributed by atoms with van der Waals surface area (Å²) >= 11 is 0. The summed E-state index contributed by atoms with van der Waals surface area (Å²) in [6.07, 6.45) is -1.21. The fourth-order valence-corrected chi connectivity index (χ4v) is 1.93. The molecule has 1 aliphatic rings. The van der Waals surface area contributed by atoms with Gasteiger partial charge in [-0.25, -0.2) is 4.79 Å². The molecule has 2 heterocycles. The Hall–Kier alpha value is -1.44. The minimum Gasteiger partial charge on any atom is -0.391 e. The van der Waals surface area contributed by atoms with Gasteiger partial charge >= 0.3 is 5.69 Å². The second-order valence-corrected chi connectivity index (χ2v) is 4.14. The Balaban J connectivity index is 2.23. The molecule has 0 aromatic carbocycles. The maximum atomic E-state index is 11.6. The van der Waals surface area contributed by atoms with Gasteiger partial charge in [0.2, 0.25) is 0 Å². The van der Waals surface area contributed by atoms with E-state index in [2.05, 4.69) is 4.98 Å². The van der Waals surface area contributed by atoms with E-state index in [0.29, 0.717) is 0 Å². The molecule has 0 unspecified atom stereocenters. The largest absolute Gasteiger partial charge is 0.391 e. The second kappa shape index (κ2) is 4.44. The Kier molecular flexibility index (Phi) is 3.14. The van der Waals surface area contributed by atoms with Crippen LogP contribution in [0.15, 0.2) is 17.1 Å². The zero-order valence-corrected chi connectivity index (χ0v) is 9.35.